The van der Waals surface area contributed by atoms with Gasteiger partial charge in [-0.2, -0.15) is 0 Å². The summed E-state index contributed by atoms with van der Waals surface area (Å²) in [7, 11) is 4.02. The first kappa shape index (κ1) is 18.1. The third-order valence-corrected chi connectivity index (χ3v) is 4.90. The van der Waals surface area contributed by atoms with E-state index in [1.807, 2.05) is 68.0 Å². The number of nitrogens with zero attached hydrogens (tertiary/aromatic N) is 2. The van der Waals surface area contributed by atoms with E-state index < -0.39 is 0 Å². The molecule has 0 saturated heterocycles. The zero-order chi connectivity index (χ0) is 18.4. The van der Waals surface area contributed by atoms with Crippen LogP contribution < -0.4 is 10.2 Å². The van der Waals surface area contributed by atoms with Crippen molar-refractivity contribution in [2.24, 2.45) is 0 Å². The number of hydrogen-bond acceptors (Lipinski definition) is 4. The average molecular weight is 369 g/mol. The maximum Gasteiger partial charge on any atom is 0.318 e. The molecule has 5 nitrogen and oxygen atoms in total. The number of urea groups is 1. The predicted molar refractivity (Wildman–Crippen MR) is 105 cm³/mol. The van der Waals surface area contributed by atoms with Crippen LogP contribution in [-0.2, 0) is 19.6 Å². The Labute approximate surface area is 157 Å². The van der Waals surface area contributed by atoms with Crippen LogP contribution in [0.1, 0.15) is 16.2 Å². The van der Waals surface area contributed by atoms with Crippen LogP contribution in [0.2, 0.25) is 0 Å². The molecule has 2 aromatic heterocycles. The van der Waals surface area contributed by atoms with Crippen molar-refractivity contribution in [2.45, 2.75) is 19.6 Å². The van der Waals surface area contributed by atoms with Gasteiger partial charge in [0.1, 0.15) is 5.76 Å². The Balaban J connectivity index is 1.62. The van der Waals surface area contributed by atoms with Crippen LogP contribution in [0.3, 0.4) is 0 Å². The van der Waals surface area contributed by atoms with E-state index in [1.165, 1.54) is 0 Å². The fourth-order valence-corrected chi connectivity index (χ4v) is 3.30. The van der Waals surface area contributed by atoms with Gasteiger partial charge >= 0.3 is 6.03 Å². The van der Waals surface area contributed by atoms with Crippen LogP contribution in [0.15, 0.2) is 64.6 Å². The second kappa shape index (κ2) is 8.58. The van der Waals surface area contributed by atoms with Gasteiger partial charge in [0, 0.05) is 31.2 Å². The van der Waals surface area contributed by atoms with Crippen LogP contribution in [-0.4, -0.2) is 25.0 Å². The molecule has 0 spiro atoms. The summed E-state index contributed by atoms with van der Waals surface area (Å²) in [4.78, 5) is 17.7. The largest absolute Gasteiger partial charge is 0.467 e. The molecule has 6 heteroatoms. The summed E-state index contributed by atoms with van der Waals surface area (Å²) >= 11 is 1.64. The molecule has 0 atom stereocenters. The molecular weight excluding hydrogens is 346 g/mol. The van der Waals surface area contributed by atoms with Crippen LogP contribution in [0.5, 0.6) is 0 Å². The van der Waals surface area contributed by atoms with Gasteiger partial charge in [0.25, 0.3) is 0 Å². The predicted octanol–water partition coefficient (Wildman–Crippen LogP) is 4.32. The lowest BCUT2D eigenvalue weighted by atomic mass is 10.2. The molecule has 0 bridgehead atoms. The Morgan fingerprint density at radius 1 is 1.08 bits per heavy atom. The first-order valence-electron chi connectivity index (χ1n) is 8.45. The highest BCUT2D eigenvalue weighted by molar-refractivity contribution is 7.09. The van der Waals surface area contributed by atoms with E-state index in [0.29, 0.717) is 19.6 Å². The van der Waals surface area contributed by atoms with E-state index in [9.17, 15) is 4.79 Å². The first-order valence-corrected chi connectivity index (χ1v) is 9.33. The number of furan rings is 1. The fourth-order valence-electron chi connectivity index (χ4n) is 2.58. The van der Waals surface area contributed by atoms with Crippen LogP contribution in [0, 0.1) is 0 Å². The monoisotopic (exact) mass is 369 g/mol. The van der Waals surface area contributed by atoms with Gasteiger partial charge in [-0.05, 0) is 41.3 Å². The van der Waals surface area contributed by atoms with Gasteiger partial charge in [-0.25, -0.2) is 4.79 Å². The molecule has 1 aromatic carbocycles. The van der Waals surface area contributed by atoms with E-state index in [1.54, 1.807) is 22.5 Å². The number of amides is 2. The number of carbonyl (C=O) groups excluding carboxylic acids is 1. The van der Waals surface area contributed by atoms with Crippen LogP contribution in [0.25, 0.3) is 0 Å². The Bertz CT molecular complexity index is 760. The van der Waals surface area contributed by atoms with Crippen molar-refractivity contribution in [3.63, 3.8) is 0 Å². The summed E-state index contributed by atoms with van der Waals surface area (Å²) in [6.45, 7) is 1.49. The van der Waals surface area contributed by atoms with Gasteiger partial charge in [0.2, 0.25) is 0 Å². The normalized spacial score (nSPS) is 10.5. The zero-order valence-corrected chi connectivity index (χ0v) is 15.8. The second-order valence-electron chi connectivity index (χ2n) is 6.23. The number of anilines is 1. The van der Waals surface area contributed by atoms with Crippen molar-refractivity contribution >= 4 is 23.1 Å². The number of rotatable bonds is 7. The second-order valence-corrected chi connectivity index (χ2v) is 7.27. The molecular formula is C20H23N3O2S. The molecule has 3 rings (SSSR count). The Morgan fingerprint density at radius 2 is 1.88 bits per heavy atom. The van der Waals surface area contributed by atoms with Gasteiger partial charge in [-0.1, -0.05) is 18.2 Å². The Morgan fingerprint density at radius 3 is 2.50 bits per heavy atom. The lowest BCUT2D eigenvalue weighted by Gasteiger charge is -2.22. The smallest absolute Gasteiger partial charge is 0.318 e. The maximum absolute atomic E-state index is 12.7. The lowest BCUT2D eigenvalue weighted by molar-refractivity contribution is 0.187. The topological polar surface area (TPSA) is 48.7 Å². The first-order chi connectivity index (χ1) is 12.6. The minimum atomic E-state index is -0.105. The van der Waals surface area contributed by atoms with Gasteiger partial charge in [0.15, 0.2) is 0 Å². The molecule has 26 heavy (non-hydrogen) atoms. The molecule has 0 aliphatic carbocycles. The van der Waals surface area contributed by atoms with Crippen LogP contribution >= 0.6 is 11.3 Å². The summed E-state index contributed by atoms with van der Waals surface area (Å²) in [5.41, 5.74) is 2.20. The zero-order valence-electron chi connectivity index (χ0n) is 15.0. The molecule has 136 valence electrons. The summed E-state index contributed by atoms with van der Waals surface area (Å²) in [5.74, 6) is 0.770. The molecule has 0 saturated carbocycles. The summed E-state index contributed by atoms with van der Waals surface area (Å²) in [6, 6.07) is 15.8. The van der Waals surface area contributed by atoms with E-state index in [4.69, 9.17) is 4.42 Å². The molecule has 1 N–H and O–H groups in total. The minimum absolute atomic E-state index is 0.105. The van der Waals surface area contributed by atoms with Crippen molar-refractivity contribution in [1.82, 2.24) is 10.2 Å². The molecule has 0 radical (unpaired) electrons. The molecule has 3 aromatic rings. The molecule has 0 aliphatic heterocycles. The van der Waals surface area contributed by atoms with Crippen LogP contribution in [0.4, 0.5) is 10.5 Å². The highest BCUT2D eigenvalue weighted by Crippen LogP contribution is 2.16. The van der Waals surface area contributed by atoms with Gasteiger partial charge < -0.3 is 19.5 Å². The summed E-state index contributed by atoms with van der Waals surface area (Å²) in [5, 5.41) is 5.03. The number of benzene rings is 1. The molecule has 0 fully saturated rings. The number of nitrogens with one attached hydrogen (secondary N) is 1. The molecule has 0 aliphatic rings. The van der Waals surface area contributed by atoms with Crippen molar-refractivity contribution in [1.29, 1.82) is 0 Å². The number of hydrogen-bond donors (Lipinski definition) is 1. The van der Waals surface area contributed by atoms with Gasteiger partial charge in [-0.3, -0.25) is 0 Å². The van der Waals surface area contributed by atoms with E-state index in [-0.39, 0.29) is 6.03 Å². The maximum atomic E-state index is 12.7. The van der Waals surface area contributed by atoms with E-state index in [0.717, 1.165) is 21.9 Å². The minimum Gasteiger partial charge on any atom is -0.467 e. The quantitative estimate of drug-likeness (QED) is 0.675. The number of carbonyl (C=O) groups is 1. The Kier molecular flexibility index (Phi) is 5.96. The van der Waals surface area contributed by atoms with Crippen molar-refractivity contribution < 1.29 is 9.21 Å². The van der Waals surface area contributed by atoms with Crippen molar-refractivity contribution in [3.05, 3.63) is 76.4 Å². The summed E-state index contributed by atoms with van der Waals surface area (Å²) in [6.07, 6.45) is 1.63. The third-order valence-electron chi connectivity index (χ3n) is 4.04. The fraction of sp³-hybridized carbons (Fsp3) is 0.250. The third kappa shape index (κ3) is 4.89. The van der Waals surface area contributed by atoms with Crippen molar-refractivity contribution in [3.8, 4) is 0 Å². The highest BCUT2D eigenvalue weighted by atomic mass is 32.1. The Hall–Kier alpha value is -2.73. The van der Waals surface area contributed by atoms with Gasteiger partial charge in [-0.15, -0.1) is 11.3 Å². The average Bonchev–Trinajstić information content (AvgIpc) is 3.33. The molecule has 0 unspecified atom stereocenters. The van der Waals surface area contributed by atoms with Gasteiger partial charge in [0.05, 0.1) is 19.4 Å². The lowest BCUT2D eigenvalue weighted by Crippen LogP contribution is -2.38. The standard InChI is InChI=1S/C20H23N3O2S/c1-22(2)17-9-7-16(8-10-17)13-21-20(24)23(14-18-5-3-11-25-18)15-19-6-4-12-26-19/h3-12H,13-15H2,1-2H3,(H,21,24). The number of thiophene rings is 1. The molecule has 2 heterocycles. The van der Waals surface area contributed by atoms with Crippen molar-refractivity contribution in [2.75, 3.05) is 19.0 Å². The van der Waals surface area contributed by atoms with E-state index >= 15 is 0 Å². The summed E-state index contributed by atoms with van der Waals surface area (Å²) < 4.78 is 5.41. The van der Waals surface area contributed by atoms with E-state index in [2.05, 4.69) is 10.2 Å². The highest BCUT2D eigenvalue weighted by Gasteiger charge is 2.16. The SMILES string of the molecule is CN(C)c1ccc(CNC(=O)N(Cc2ccco2)Cc2cccs2)cc1. The molecule has 2 amide bonds.